The maximum absolute atomic E-state index is 11.9. The van der Waals surface area contributed by atoms with Gasteiger partial charge in [0.25, 0.3) is 5.91 Å². The van der Waals surface area contributed by atoms with Crippen LogP contribution in [0.4, 0.5) is 0 Å². The second kappa shape index (κ2) is 5.97. The lowest BCUT2D eigenvalue weighted by Crippen LogP contribution is -2.40. The first-order valence-electron chi connectivity index (χ1n) is 6.15. The van der Waals surface area contributed by atoms with Gasteiger partial charge < -0.3 is 11.1 Å². The summed E-state index contributed by atoms with van der Waals surface area (Å²) in [5.74, 6) is -0.594. The Morgan fingerprint density at radius 1 is 1.21 bits per heavy atom. The van der Waals surface area contributed by atoms with Gasteiger partial charge in [0.05, 0.1) is 0 Å². The van der Waals surface area contributed by atoms with Gasteiger partial charge in [-0.05, 0) is 37.8 Å². The molecular weight excluding hydrogens is 268 g/mol. The topological polar surface area (TPSA) is 98.0 Å². The molecule has 1 heterocycles. The fraction of sp³-hybridized carbons (Fsp3) is 0.500. The predicted molar refractivity (Wildman–Crippen MR) is 69.4 cm³/mol. The van der Waals surface area contributed by atoms with E-state index < -0.39 is 0 Å². The molecule has 0 atom stereocenters. The molecule has 0 unspecified atom stereocenters. The van der Waals surface area contributed by atoms with Crippen LogP contribution in [0.2, 0.25) is 5.15 Å². The van der Waals surface area contributed by atoms with Crippen molar-refractivity contribution in [1.82, 2.24) is 15.5 Å². The highest BCUT2D eigenvalue weighted by atomic mass is 35.5. The summed E-state index contributed by atoms with van der Waals surface area (Å²) in [6, 6.07) is 3.10. The van der Waals surface area contributed by atoms with Crippen molar-refractivity contribution in [3.8, 4) is 0 Å². The van der Waals surface area contributed by atoms with Gasteiger partial charge in [0.2, 0.25) is 5.91 Å². The minimum Gasteiger partial charge on any atom is -0.369 e. The number of aromatic nitrogens is 2. The van der Waals surface area contributed by atoms with Crippen molar-refractivity contribution in [2.24, 2.45) is 11.7 Å². The first-order chi connectivity index (χ1) is 9.06. The second-order valence-corrected chi connectivity index (χ2v) is 5.05. The average Bonchev–Trinajstić information content (AvgIpc) is 2.40. The van der Waals surface area contributed by atoms with Gasteiger partial charge in [0.1, 0.15) is 0 Å². The summed E-state index contributed by atoms with van der Waals surface area (Å²) in [4.78, 5) is 22.9. The molecule has 1 aliphatic rings. The van der Waals surface area contributed by atoms with Gasteiger partial charge in [-0.3, -0.25) is 9.59 Å². The van der Waals surface area contributed by atoms with Gasteiger partial charge >= 0.3 is 0 Å². The molecule has 0 saturated heterocycles. The normalized spacial score (nSPS) is 22.8. The van der Waals surface area contributed by atoms with Gasteiger partial charge in [-0.15, -0.1) is 10.2 Å². The minimum absolute atomic E-state index is 0.0561. The maximum Gasteiger partial charge on any atom is 0.272 e. The van der Waals surface area contributed by atoms with E-state index in [1.807, 2.05) is 0 Å². The first kappa shape index (κ1) is 13.7. The summed E-state index contributed by atoms with van der Waals surface area (Å²) in [5.41, 5.74) is 5.50. The number of halogens is 1. The molecule has 3 N–H and O–H groups in total. The standard InChI is InChI=1S/C12H15ClN4O2/c13-10-6-5-9(16-17-10)12(19)15-8-3-1-7(2-4-8)11(14)18/h5-8H,1-4H2,(H2,14,18)(H,15,19). The highest BCUT2D eigenvalue weighted by molar-refractivity contribution is 6.29. The average molecular weight is 283 g/mol. The summed E-state index contributed by atoms with van der Waals surface area (Å²) in [6.07, 6.45) is 2.93. The Hall–Kier alpha value is -1.69. The van der Waals surface area contributed by atoms with Crippen LogP contribution in [0.1, 0.15) is 36.2 Å². The van der Waals surface area contributed by atoms with Gasteiger partial charge in [0.15, 0.2) is 10.8 Å². The molecule has 7 heteroatoms. The Balaban J connectivity index is 1.87. The number of amides is 2. The fourth-order valence-corrected chi connectivity index (χ4v) is 2.32. The molecule has 0 aromatic carbocycles. The van der Waals surface area contributed by atoms with Crippen LogP contribution in [-0.4, -0.2) is 28.1 Å². The van der Waals surface area contributed by atoms with Crippen molar-refractivity contribution in [3.05, 3.63) is 23.0 Å². The summed E-state index contributed by atoms with van der Waals surface area (Å²) in [7, 11) is 0. The number of nitrogens with zero attached hydrogens (tertiary/aromatic N) is 2. The molecule has 0 aliphatic heterocycles. The highest BCUT2D eigenvalue weighted by Crippen LogP contribution is 2.24. The number of nitrogens with two attached hydrogens (primary N) is 1. The van der Waals surface area contributed by atoms with Crippen LogP contribution in [0.15, 0.2) is 12.1 Å². The van der Waals surface area contributed by atoms with Gasteiger partial charge in [-0.1, -0.05) is 11.6 Å². The lowest BCUT2D eigenvalue weighted by atomic mass is 9.85. The van der Waals surface area contributed by atoms with E-state index in [1.54, 1.807) is 0 Å². The summed E-state index contributed by atoms with van der Waals surface area (Å²) in [6.45, 7) is 0. The highest BCUT2D eigenvalue weighted by Gasteiger charge is 2.26. The van der Waals surface area contributed by atoms with E-state index in [0.717, 1.165) is 12.8 Å². The van der Waals surface area contributed by atoms with Gasteiger partial charge in [-0.2, -0.15) is 0 Å². The second-order valence-electron chi connectivity index (χ2n) is 4.67. The van der Waals surface area contributed by atoms with E-state index in [1.165, 1.54) is 12.1 Å². The third-order valence-electron chi connectivity index (χ3n) is 3.33. The van der Waals surface area contributed by atoms with Crippen LogP contribution in [0.5, 0.6) is 0 Å². The molecule has 1 aromatic rings. The number of nitrogens with one attached hydrogen (secondary N) is 1. The molecule has 6 nitrogen and oxygen atoms in total. The van der Waals surface area contributed by atoms with E-state index in [0.29, 0.717) is 12.8 Å². The zero-order chi connectivity index (χ0) is 13.8. The number of carbonyl (C=O) groups excluding carboxylic acids is 2. The van der Waals surface area contributed by atoms with Crippen molar-refractivity contribution in [2.45, 2.75) is 31.7 Å². The van der Waals surface area contributed by atoms with E-state index in [2.05, 4.69) is 15.5 Å². The monoisotopic (exact) mass is 282 g/mol. The van der Waals surface area contributed by atoms with E-state index >= 15 is 0 Å². The Kier molecular flexibility index (Phi) is 4.31. The quantitative estimate of drug-likeness (QED) is 0.861. The first-order valence-corrected chi connectivity index (χ1v) is 6.53. The van der Waals surface area contributed by atoms with Crippen LogP contribution in [0, 0.1) is 5.92 Å². The van der Waals surface area contributed by atoms with E-state index in [4.69, 9.17) is 17.3 Å². The molecular formula is C12H15ClN4O2. The Morgan fingerprint density at radius 3 is 2.42 bits per heavy atom. The summed E-state index contributed by atoms with van der Waals surface area (Å²) >= 11 is 5.60. The molecule has 2 rings (SSSR count). The van der Waals surface area contributed by atoms with E-state index in [9.17, 15) is 9.59 Å². The number of hydrogen-bond donors (Lipinski definition) is 2. The van der Waals surface area contributed by atoms with Crippen molar-refractivity contribution in [2.75, 3.05) is 0 Å². The SMILES string of the molecule is NC(=O)C1CCC(NC(=O)c2ccc(Cl)nn2)CC1. The van der Waals surface area contributed by atoms with Crippen LogP contribution in [0.3, 0.4) is 0 Å². The Bertz CT molecular complexity index is 469. The Labute approximate surface area is 115 Å². The van der Waals surface area contributed by atoms with E-state index in [-0.39, 0.29) is 34.6 Å². The molecule has 19 heavy (non-hydrogen) atoms. The molecule has 0 bridgehead atoms. The maximum atomic E-state index is 11.9. The molecule has 1 fully saturated rings. The van der Waals surface area contributed by atoms with Crippen LogP contribution >= 0.6 is 11.6 Å². The summed E-state index contributed by atoms with van der Waals surface area (Å²) in [5, 5.41) is 10.5. The van der Waals surface area contributed by atoms with Crippen molar-refractivity contribution < 1.29 is 9.59 Å². The van der Waals surface area contributed by atoms with Gasteiger partial charge in [0, 0.05) is 12.0 Å². The minimum atomic E-state index is -0.272. The third kappa shape index (κ3) is 3.64. The number of primary amides is 1. The number of hydrogen-bond acceptors (Lipinski definition) is 4. The molecule has 1 aromatic heterocycles. The summed E-state index contributed by atoms with van der Waals surface area (Å²) < 4.78 is 0. The van der Waals surface area contributed by atoms with Gasteiger partial charge in [-0.25, -0.2) is 0 Å². The van der Waals surface area contributed by atoms with Crippen LogP contribution in [0.25, 0.3) is 0 Å². The fourth-order valence-electron chi connectivity index (χ4n) is 2.22. The zero-order valence-corrected chi connectivity index (χ0v) is 11.1. The lowest BCUT2D eigenvalue weighted by Gasteiger charge is -2.27. The smallest absolute Gasteiger partial charge is 0.272 e. The largest absolute Gasteiger partial charge is 0.369 e. The zero-order valence-electron chi connectivity index (χ0n) is 10.3. The lowest BCUT2D eigenvalue weighted by molar-refractivity contribution is -0.122. The number of carbonyl (C=O) groups is 2. The molecule has 0 spiro atoms. The van der Waals surface area contributed by atoms with Crippen LogP contribution in [-0.2, 0) is 4.79 Å². The molecule has 0 radical (unpaired) electrons. The predicted octanol–water partition coefficient (Wildman–Crippen LogP) is 0.904. The Morgan fingerprint density at radius 2 is 1.89 bits per heavy atom. The molecule has 1 saturated carbocycles. The van der Waals surface area contributed by atoms with Crippen molar-refractivity contribution in [1.29, 1.82) is 0 Å². The van der Waals surface area contributed by atoms with Crippen molar-refractivity contribution >= 4 is 23.4 Å². The molecule has 102 valence electrons. The van der Waals surface area contributed by atoms with Crippen molar-refractivity contribution in [3.63, 3.8) is 0 Å². The number of rotatable bonds is 3. The molecule has 2 amide bonds. The molecule has 1 aliphatic carbocycles. The third-order valence-corrected chi connectivity index (χ3v) is 3.53. The van der Waals surface area contributed by atoms with Crippen LogP contribution < -0.4 is 11.1 Å².